The summed E-state index contributed by atoms with van der Waals surface area (Å²) in [6, 6.07) is 4.36. The molecule has 2 aromatic rings. The van der Waals surface area contributed by atoms with Crippen molar-refractivity contribution in [3.8, 4) is 0 Å². The maximum Gasteiger partial charge on any atom is 0.142 e. The highest BCUT2D eigenvalue weighted by Gasteiger charge is 2.16. The van der Waals surface area contributed by atoms with Crippen LogP contribution in [0.3, 0.4) is 0 Å². The summed E-state index contributed by atoms with van der Waals surface area (Å²) in [6.45, 7) is 0.982. The van der Waals surface area contributed by atoms with Crippen molar-refractivity contribution in [2.75, 3.05) is 6.54 Å². The number of aliphatic hydroxyl groups is 1. The molecule has 112 valence electrons. The molecule has 0 saturated carbocycles. The van der Waals surface area contributed by atoms with Gasteiger partial charge in [0.25, 0.3) is 0 Å². The summed E-state index contributed by atoms with van der Waals surface area (Å²) in [7, 11) is 0. The predicted octanol–water partition coefficient (Wildman–Crippen LogP) is 3.25. The van der Waals surface area contributed by atoms with Crippen LogP contribution in [0.5, 0.6) is 0 Å². The van der Waals surface area contributed by atoms with E-state index in [2.05, 4.69) is 10.3 Å². The minimum Gasteiger partial charge on any atom is -0.387 e. The van der Waals surface area contributed by atoms with Crippen LogP contribution in [0.1, 0.15) is 33.7 Å². The van der Waals surface area contributed by atoms with Crippen molar-refractivity contribution < 1.29 is 9.50 Å². The van der Waals surface area contributed by atoms with E-state index >= 15 is 0 Å². The fraction of sp³-hybridized carbons (Fsp3) is 0.400. The number of benzene rings is 1. The molecule has 1 aromatic heterocycles. The average molecular weight is 327 g/mol. The van der Waals surface area contributed by atoms with Crippen LogP contribution in [0.15, 0.2) is 18.2 Å². The zero-order valence-electron chi connectivity index (χ0n) is 11.4. The molecule has 0 amide bonds. The van der Waals surface area contributed by atoms with Gasteiger partial charge in [0.1, 0.15) is 10.8 Å². The number of thiazole rings is 1. The standard InChI is InChI=1S/C15H16ClFN2OS/c16-10-5-4-9(6-11(10)17)13(20)7-18-8-15-19-12-2-1-3-14(12)21-15/h4-6,13,18,20H,1-3,7-8H2. The molecular formula is C15H16ClFN2OS. The van der Waals surface area contributed by atoms with Gasteiger partial charge in [-0.05, 0) is 37.0 Å². The average Bonchev–Trinajstić information content (AvgIpc) is 3.02. The number of hydrogen-bond acceptors (Lipinski definition) is 4. The lowest BCUT2D eigenvalue weighted by Crippen LogP contribution is -2.21. The Morgan fingerprint density at radius 3 is 3.05 bits per heavy atom. The van der Waals surface area contributed by atoms with E-state index in [1.807, 2.05) is 0 Å². The summed E-state index contributed by atoms with van der Waals surface area (Å²) in [4.78, 5) is 5.98. The zero-order valence-corrected chi connectivity index (χ0v) is 13.0. The molecule has 0 spiro atoms. The number of aromatic nitrogens is 1. The zero-order chi connectivity index (χ0) is 14.8. The summed E-state index contributed by atoms with van der Waals surface area (Å²) in [5.41, 5.74) is 1.75. The van der Waals surface area contributed by atoms with Gasteiger partial charge in [0.05, 0.1) is 16.8 Å². The summed E-state index contributed by atoms with van der Waals surface area (Å²) < 4.78 is 13.3. The Kier molecular flexibility index (Phi) is 4.54. The number of aryl methyl sites for hydroxylation is 2. The SMILES string of the molecule is OC(CNCc1nc2c(s1)CCC2)c1ccc(Cl)c(F)c1. The Balaban J connectivity index is 1.53. The Morgan fingerprint density at radius 1 is 1.43 bits per heavy atom. The number of aliphatic hydroxyl groups excluding tert-OH is 1. The maximum atomic E-state index is 13.3. The van der Waals surface area contributed by atoms with Crippen molar-refractivity contribution in [2.45, 2.75) is 31.9 Å². The van der Waals surface area contributed by atoms with Crippen LogP contribution in [0.4, 0.5) is 4.39 Å². The van der Waals surface area contributed by atoms with E-state index in [1.165, 1.54) is 29.1 Å². The van der Waals surface area contributed by atoms with E-state index in [-0.39, 0.29) is 5.02 Å². The molecule has 2 N–H and O–H groups in total. The highest BCUT2D eigenvalue weighted by atomic mass is 35.5. The van der Waals surface area contributed by atoms with E-state index in [0.717, 1.165) is 17.8 Å². The van der Waals surface area contributed by atoms with E-state index < -0.39 is 11.9 Å². The van der Waals surface area contributed by atoms with Gasteiger partial charge in [-0.15, -0.1) is 11.3 Å². The van der Waals surface area contributed by atoms with Gasteiger partial charge in [-0.2, -0.15) is 0 Å². The van der Waals surface area contributed by atoms with Crippen molar-refractivity contribution >= 4 is 22.9 Å². The van der Waals surface area contributed by atoms with Gasteiger partial charge >= 0.3 is 0 Å². The van der Waals surface area contributed by atoms with Crippen LogP contribution in [-0.2, 0) is 19.4 Å². The fourth-order valence-electron chi connectivity index (χ4n) is 2.47. The molecule has 1 atom stereocenters. The second-order valence-corrected chi connectivity index (χ2v) is 6.73. The largest absolute Gasteiger partial charge is 0.387 e. The smallest absolute Gasteiger partial charge is 0.142 e. The lowest BCUT2D eigenvalue weighted by Gasteiger charge is -2.12. The number of nitrogens with zero attached hydrogens (tertiary/aromatic N) is 1. The Morgan fingerprint density at radius 2 is 2.29 bits per heavy atom. The van der Waals surface area contributed by atoms with Crippen LogP contribution >= 0.6 is 22.9 Å². The Bertz CT molecular complexity index is 625. The number of fused-ring (bicyclic) bond motifs is 1. The van der Waals surface area contributed by atoms with Crippen molar-refractivity contribution in [2.24, 2.45) is 0 Å². The molecule has 1 aliphatic rings. The summed E-state index contributed by atoms with van der Waals surface area (Å²) in [5.74, 6) is -0.510. The third-order valence-corrected chi connectivity index (χ3v) is 5.05. The van der Waals surface area contributed by atoms with Gasteiger partial charge in [0.2, 0.25) is 0 Å². The predicted molar refractivity (Wildman–Crippen MR) is 82.2 cm³/mol. The third kappa shape index (κ3) is 3.43. The van der Waals surface area contributed by atoms with E-state index in [4.69, 9.17) is 11.6 Å². The lowest BCUT2D eigenvalue weighted by molar-refractivity contribution is 0.174. The molecule has 1 heterocycles. The van der Waals surface area contributed by atoms with Gasteiger partial charge in [0, 0.05) is 18.0 Å². The fourth-order valence-corrected chi connectivity index (χ4v) is 3.72. The molecule has 0 aliphatic heterocycles. The molecular weight excluding hydrogens is 311 g/mol. The normalized spacial score (nSPS) is 15.2. The number of rotatable bonds is 5. The molecule has 0 radical (unpaired) electrons. The van der Waals surface area contributed by atoms with E-state index in [1.54, 1.807) is 17.4 Å². The first-order valence-electron chi connectivity index (χ1n) is 6.94. The Hall–Kier alpha value is -1.01. The van der Waals surface area contributed by atoms with Gasteiger partial charge in [0.15, 0.2) is 0 Å². The highest BCUT2D eigenvalue weighted by Crippen LogP contribution is 2.27. The number of nitrogens with one attached hydrogen (secondary N) is 1. The summed E-state index contributed by atoms with van der Waals surface area (Å²) in [6.07, 6.45) is 2.67. The quantitative estimate of drug-likeness (QED) is 0.886. The van der Waals surface area contributed by atoms with Crippen LogP contribution in [0.2, 0.25) is 5.02 Å². The molecule has 6 heteroatoms. The first-order valence-corrected chi connectivity index (χ1v) is 8.14. The minimum atomic E-state index is -0.761. The molecule has 0 fully saturated rings. The number of halogens is 2. The van der Waals surface area contributed by atoms with Crippen molar-refractivity contribution in [3.63, 3.8) is 0 Å². The van der Waals surface area contributed by atoms with Crippen molar-refractivity contribution in [1.82, 2.24) is 10.3 Å². The molecule has 3 rings (SSSR count). The van der Waals surface area contributed by atoms with E-state index in [9.17, 15) is 9.50 Å². The molecule has 1 aliphatic carbocycles. The lowest BCUT2D eigenvalue weighted by atomic mass is 10.1. The van der Waals surface area contributed by atoms with Crippen LogP contribution < -0.4 is 5.32 Å². The van der Waals surface area contributed by atoms with Gasteiger partial charge < -0.3 is 10.4 Å². The van der Waals surface area contributed by atoms with Gasteiger partial charge in [-0.25, -0.2) is 9.37 Å². The first kappa shape index (κ1) is 14.9. The molecule has 1 unspecified atom stereocenters. The molecule has 21 heavy (non-hydrogen) atoms. The Labute approximate surface area is 131 Å². The summed E-state index contributed by atoms with van der Waals surface area (Å²) in [5, 5.41) is 14.3. The topological polar surface area (TPSA) is 45.1 Å². The molecule has 1 aromatic carbocycles. The molecule has 0 bridgehead atoms. The van der Waals surface area contributed by atoms with Crippen LogP contribution in [0, 0.1) is 5.82 Å². The second-order valence-electron chi connectivity index (χ2n) is 5.15. The van der Waals surface area contributed by atoms with Crippen molar-refractivity contribution in [3.05, 3.63) is 50.2 Å². The maximum absolute atomic E-state index is 13.3. The first-order chi connectivity index (χ1) is 10.1. The minimum absolute atomic E-state index is 0.0659. The highest BCUT2D eigenvalue weighted by molar-refractivity contribution is 7.11. The molecule has 3 nitrogen and oxygen atoms in total. The van der Waals surface area contributed by atoms with Crippen molar-refractivity contribution in [1.29, 1.82) is 0 Å². The summed E-state index contributed by atoms with van der Waals surface area (Å²) >= 11 is 7.37. The van der Waals surface area contributed by atoms with Crippen LogP contribution in [-0.4, -0.2) is 16.6 Å². The third-order valence-electron chi connectivity index (χ3n) is 3.58. The second kappa shape index (κ2) is 6.40. The molecule has 0 saturated heterocycles. The van der Waals surface area contributed by atoms with Crippen LogP contribution in [0.25, 0.3) is 0 Å². The van der Waals surface area contributed by atoms with Gasteiger partial charge in [-0.1, -0.05) is 17.7 Å². The van der Waals surface area contributed by atoms with Gasteiger partial charge in [-0.3, -0.25) is 0 Å². The monoisotopic (exact) mass is 326 g/mol. The number of hydrogen-bond donors (Lipinski definition) is 2. The van der Waals surface area contributed by atoms with E-state index in [0.29, 0.717) is 18.7 Å².